The average Bonchev–Trinajstić information content (AvgIpc) is 3.15. The Labute approximate surface area is 220 Å². The van der Waals surface area contributed by atoms with Gasteiger partial charge in [-0.3, -0.25) is 0 Å². The van der Waals surface area contributed by atoms with Crippen molar-refractivity contribution in [2.24, 2.45) is 5.16 Å². The molecule has 1 unspecified atom stereocenters. The van der Waals surface area contributed by atoms with Crippen LogP contribution >= 0.6 is 0 Å². The minimum Gasteiger partial charge on any atom is -0.412 e. The summed E-state index contributed by atoms with van der Waals surface area (Å²) in [6.07, 6.45) is 4.09. The maximum atomic E-state index is 15.3. The molecular weight excluding hydrogens is 491 g/mol. The van der Waals surface area contributed by atoms with Crippen LogP contribution in [0.4, 0.5) is 10.3 Å². The van der Waals surface area contributed by atoms with Crippen LogP contribution in [0.15, 0.2) is 35.7 Å². The molecule has 8 nitrogen and oxygen atoms in total. The molecule has 0 aliphatic carbocycles. The topological polar surface area (TPSA) is 78.3 Å². The fourth-order valence-electron chi connectivity index (χ4n) is 3.83. The molecule has 1 atom stereocenters. The van der Waals surface area contributed by atoms with Crippen LogP contribution in [0.3, 0.4) is 0 Å². The Morgan fingerprint density at radius 1 is 1.19 bits per heavy atom. The van der Waals surface area contributed by atoms with Crippen LogP contribution in [-0.2, 0) is 25.3 Å². The standard InChI is InChI=1S/C27H39FN4O4Si/c1-26(2,3)37(6,7)35-17-19-9-8-10-23(24(19)28)20-13-29-25(30-14-20)32-15-21(16-32)31-34-12-11-22-18-33-27(4,5)36-22/h8-10,13-14,22H,11-12,15-18H2,1-7H3. The van der Waals surface area contributed by atoms with Crippen molar-refractivity contribution in [3.63, 3.8) is 0 Å². The zero-order valence-electron chi connectivity index (χ0n) is 23.0. The fourth-order valence-corrected chi connectivity index (χ4v) is 4.78. The smallest absolute Gasteiger partial charge is 0.225 e. The Morgan fingerprint density at radius 3 is 2.51 bits per heavy atom. The maximum Gasteiger partial charge on any atom is 0.225 e. The first kappa shape index (κ1) is 27.6. The van der Waals surface area contributed by atoms with Gasteiger partial charge in [0.15, 0.2) is 14.1 Å². The van der Waals surface area contributed by atoms with Gasteiger partial charge in [0.1, 0.15) is 12.4 Å². The molecule has 0 bridgehead atoms. The van der Waals surface area contributed by atoms with Crippen molar-refractivity contribution in [2.45, 2.75) is 77.7 Å². The maximum absolute atomic E-state index is 15.3. The van der Waals surface area contributed by atoms with Gasteiger partial charge in [-0.2, -0.15) is 0 Å². The van der Waals surface area contributed by atoms with Crippen LogP contribution < -0.4 is 4.90 Å². The first-order valence-electron chi connectivity index (χ1n) is 12.8. The Bertz CT molecular complexity index is 1110. The summed E-state index contributed by atoms with van der Waals surface area (Å²) in [5, 5.41) is 4.27. The van der Waals surface area contributed by atoms with Crippen molar-refractivity contribution in [1.82, 2.24) is 9.97 Å². The number of nitrogens with zero attached hydrogens (tertiary/aromatic N) is 4. The molecule has 0 amide bonds. The summed E-state index contributed by atoms with van der Waals surface area (Å²) in [7, 11) is -1.98. The summed E-state index contributed by atoms with van der Waals surface area (Å²) in [5.41, 5.74) is 2.58. The van der Waals surface area contributed by atoms with Gasteiger partial charge in [-0.25, -0.2) is 14.4 Å². The van der Waals surface area contributed by atoms with E-state index in [-0.39, 0.29) is 23.6 Å². The molecule has 1 aromatic carbocycles. The molecule has 2 saturated heterocycles. The van der Waals surface area contributed by atoms with E-state index in [1.165, 1.54) is 0 Å². The molecule has 202 valence electrons. The van der Waals surface area contributed by atoms with Crippen LogP contribution in [0.2, 0.25) is 18.1 Å². The Kier molecular flexibility index (Phi) is 8.03. The summed E-state index contributed by atoms with van der Waals surface area (Å²) in [5.74, 6) is -0.223. The highest BCUT2D eigenvalue weighted by Crippen LogP contribution is 2.37. The lowest BCUT2D eigenvalue weighted by atomic mass is 10.1. The third-order valence-corrected chi connectivity index (χ3v) is 11.7. The molecular formula is C27H39FN4O4Si. The number of ether oxygens (including phenoxy) is 2. The third-order valence-electron chi connectivity index (χ3n) is 7.24. The number of oxime groups is 1. The van der Waals surface area contributed by atoms with Crippen LogP contribution in [0, 0.1) is 5.82 Å². The third kappa shape index (κ3) is 6.73. The molecule has 2 aliphatic heterocycles. The average molecular weight is 531 g/mol. The summed E-state index contributed by atoms with van der Waals surface area (Å²) < 4.78 is 32.9. The highest BCUT2D eigenvalue weighted by molar-refractivity contribution is 6.74. The molecule has 2 aliphatic rings. The largest absolute Gasteiger partial charge is 0.412 e. The van der Waals surface area contributed by atoms with Gasteiger partial charge in [-0.05, 0) is 32.0 Å². The number of anilines is 1. The van der Waals surface area contributed by atoms with Crippen molar-refractivity contribution < 1.29 is 23.1 Å². The van der Waals surface area contributed by atoms with Gasteiger partial charge >= 0.3 is 0 Å². The molecule has 37 heavy (non-hydrogen) atoms. The molecule has 0 radical (unpaired) electrons. The lowest BCUT2D eigenvalue weighted by Gasteiger charge is -2.36. The normalized spacial score (nSPS) is 19.6. The lowest BCUT2D eigenvalue weighted by Crippen LogP contribution is -2.48. The molecule has 4 rings (SSSR count). The monoisotopic (exact) mass is 530 g/mol. The minimum absolute atomic E-state index is 0.0373. The first-order valence-corrected chi connectivity index (χ1v) is 15.7. The first-order chi connectivity index (χ1) is 17.3. The summed E-state index contributed by atoms with van der Waals surface area (Å²) in [6, 6.07) is 5.38. The van der Waals surface area contributed by atoms with Crippen LogP contribution in [0.1, 0.15) is 46.6 Å². The Hall–Kier alpha value is -2.40. The van der Waals surface area contributed by atoms with E-state index < -0.39 is 14.1 Å². The van der Waals surface area contributed by atoms with E-state index in [9.17, 15) is 0 Å². The van der Waals surface area contributed by atoms with Gasteiger partial charge in [0.2, 0.25) is 5.95 Å². The van der Waals surface area contributed by atoms with E-state index in [0.29, 0.717) is 48.9 Å². The summed E-state index contributed by atoms with van der Waals surface area (Å²) in [6.45, 7) is 17.2. The number of benzene rings is 1. The zero-order valence-corrected chi connectivity index (χ0v) is 24.0. The number of aromatic nitrogens is 2. The highest BCUT2D eigenvalue weighted by atomic mass is 28.4. The van der Waals surface area contributed by atoms with E-state index in [1.807, 2.05) is 24.8 Å². The van der Waals surface area contributed by atoms with E-state index in [1.54, 1.807) is 24.5 Å². The number of hydrogen-bond donors (Lipinski definition) is 0. The van der Waals surface area contributed by atoms with Crippen LogP contribution in [0.25, 0.3) is 11.1 Å². The van der Waals surface area contributed by atoms with Gasteiger partial charge in [0.05, 0.1) is 38.1 Å². The Balaban J connectivity index is 1.28. The second kappa shape index (κ2) is 10.8. The lowest BCUT2D eigenvalue weighted by molar-refractivity contribution is -0.140. The van der Waals surface area contributed by atoms with Gasteiger partial charge in [0, 0.05) is 35.5 Å². The molecule has 3 heterocycles. The molecule has 2 aromatic rings. The van der Waals surface area contributed by atoms with Crippen molar-refractivity contribution in [3.05, 3.63) is 42.0 Å². The molecule has 0 N–H and O–H groups in total. The van der Waals surface area contributed by atoms with E-state index in [0.717, 1.165) is 12.1 Å². The Morgan fingerprint density at radius 2 is 1.89 bits per heavy atom. The van der Waals surface area contributed by atoms with Gasteiger partial charge < -0.3 is 23.6 Å². The van der Waals surface area contributed by atoms with Gasteiger partial charge in [-0.1, -0.05) is 44.1 Å². The van der Waals surface area contributed by atoms with E-state index in [4.69, 9.17) is 18.7 Å². The number of halogens is 1. The molecule has 2 fully saturated rings. The summed E-state index contributed by atoms with van der Waals surface area (Å²) in [4.78, 5) is 16.4. The quantitative estimate of drug-likeness (QED) is 0.239. The molecule has 0 saturated carbocycles. The predicted octanol–water partition coefficient (Wildman–Crippen LogP) is 5.54. The van der Waals surface area contributed by atoms with E-state index in [2.05, 4.69) is 49.0 Å². The second-order valence-corrected chi connectivity index (χ2v) is 16.5. The second-order valence-electron chi connectivity index (χ2n) is 11.7. The fraction of sp³-hybridized carbons (Fsp3) is 0.593. The molecule has 1 aromatic heterocycles. The van der Waals surface area contributed by atoms with Gasteiger partial charge in [0.25, 0.3) is 0 Å². The highest BCUT2D eigenvalue weighted by Gasteiger charge is 2.37. The van der Waals surface area contributed by atoms with Crippen LogP contribution in [-0.4, -0.2) is 62.2 Å². The zero-order chi connectivity index (χ0) is 26.8. The SMILES string of the molecule is CC1(C)OCC(CCON=C2CN(c3ncc(-c4cccc(CO[Si](C)(C)C(C)(C)C)c4F)cn3)C2)O1. The molecule has 0 spiro atoms. The van der Waals surface area contributed by atoms with Crippen molar-refractivity contribution in [1.29, 1.82) is 0 Å². The van der Waals surface area contributed by atoms with Crippen molar-refractivity contribution in [2.75, 3.05) is 31.2 Å². The minimum atomic E-state index is -1.98. The van der Waals surface area contributed by atoms with Crippen LogP contribution in [0.5, 0.6) is 0 Å². The van der Waals surface area contributed by atoms with Crippen molar-refractivity contribution >= 4 is 20.0 Å². The number of rotatable bonds is 9. The van der Waals surface area contributed by atoms with Gasteiger partial charge in [-0.15, -0.1) is 0 Å². The summed E-state index contributed by atoms with van der Waals surface area (Å²) >= 11 is 0. The predicted molar refractivity (Wildman–Crippen MR) is 145 cm³/mol. The molecule has 10 heteroatoms. The number of hydrogen-bond acceptors (Lipinski definition) is 8. The van der Waals surface area contributed by atoms with Crippen molar-refractivity contribution in [3.8, 4) is 11.1 Å². The van der Waals surface area contributed by atoms with E-state index >= 15 is 4.39 Å².